The maximum Gasteiger partial charge on any atom is 0.269 e. The number of hydrogen-bond acceptors (Lipinski definition) is 4. The summed E-state index contributed by atoms with van der Waals surface area (Å²) in [7, 11) is 0. The van der Waals surface area contributed by atoms with Gasteiger partial charge in [0.25, 0.3) is 5.69 Å². The predicted molar refractivity (Wildman–Crippen MR) is 67.3 cm³/mol. The van der Waals surface area contributed by atoms with E-state index in [0.29, 0.717) is 18.0 Å². The molecule has 0 aliphatic carbocycles. The van der Waals surface area contributed by atoms with Gasteiger partial charge < -0.3 is 10.6 Å². The molecule has 6 heteroatoms. The maximum absolute atomic E-state index is 11.7. The van der Waals surface area contributed by atoms with Crippen LogP contribution in [0.1, 0.15) is 12.8 Å². The number of carbonyl (C=O) groups excluding carboxylic acids is 1. The molecule has 2 N–H and O–H groups in total. The van der Waals surface area contributed by atoms with Crippen molar-refractivity contribution < 1.29 is 9.72 Å². The van der Waals surface area contributed by atoms with Gasteiger partial charge in [-0.3, -0.25) is 14.9 Å². The molecule has 0 bridgehead atoms. The van der Waals surface area contributed by atoms with E-state index < -0.39 is 4.92 Å². The van der Waals surface area contributed by atoms with E-state index in [4.69, 9.17) is 0 Å². The summed E-state index contributed by atoms with van der Waals surface area (Å²) in [6.07, 6.45) is 1.51. The van der Waals surface area contributed by atoms with Crippen LogP contribution in [0.3, 0.4) is 0 Å². The molecule has 96 valence electrons. The zero-order chi connectivity index (χ0) is 13.0. The van der Waals surface area contributed by atoms with Gasteiger partial charge in [-0.1, -0.05) is 0 Å². The standard InChI is InChI=1S/C12H15N3O3/c16-12(7-9-5-6-13-8-9)14-10-1-3-11(4-2-10)15(17)18/h1-4,9,13H,5-8H2,(H,14,16). The third-order valence-electron chi connectivity index (χ3n) is 3.00. The first-order valence-corrected chi connectivity index (χ1v) is 5.90. The van der Waals surface area contributed by atoms with Gasteiger partial charge in [0.15, 0.2) is 0 Å². The molecular weight excluding hydrogens is 234 g/mol. The molecule has 0 spiro atoms. The van der Waals surface area contributed by atoms with Crippen LogP contribution in [0.2, 0.25) is 0 Å². The molecule has 1 saturated heterocycles. The van der Waals surface area contributed by atoms with E-state index in [1.54, 1.807) is 12.1 Å². The van der Waals surface area contributed by atoms with Crippen molar-refractivity contribution in [2.24, 2.45) is 5.92 Å². The average molecular weight is 249 g/mol. The van der Waals surface area contributed by atoms with Crippen molar-refractivity contribution in [3.8, 4) is 0 Å². The number of hydrogen-bond donors (Lipinski definition) is 2. The topological polar surface area (TPSA) is 84.3 Å². The van der Waals surface area contributed by atoms with Crippen LogP contribution in [0.5, 0.6) is 0 Å². The van der Waals surface area contributed by atoms with Gasteiger partial charge >= 0.3 is 0 Å². The lowest BCUT2D eigenvalue weighted by atomic mass is 10.0. The van der Waals surface area contributed by atoms with Gasteiger partial charge in [0, 0.05) is 24.2 Å². The summed E-state index contributed by atoms with van der Waals surface area (Å²) in [4.78, 5) is 21.7. The Hall–Kier alpha value is -1.95. The average Bonchev–Trinajstić information content (AvgIpc) is 2.82. The summed E-state index contributed by atoms with van der Waals surface area (Å²) < 4.78 is 0. The predicted octanol–water partition coefficient (Wildman–Crippen LogP) is 1.53. The van der Waals surface area contributed by atoms with Crippen LogP contribution in [0, 0.1) is 16.0 Å². The molecular formula is C12H15N3O3. The van der Waals surface area contributed by atoms with Gasteiger partial charge in [-0.05, 0) is 37.6 Å². The molecule has 1 aromatic rings. The number of nitrogens with zero attached hydrogens (tertiary/aromatic N) is 1. The Morgan fingerprint density at radius 1 is 1.44 bits per heavy atom. The number of nitro groups is 1. The minimum absolute atomic E-state index is 0.0213. The van der Waals surface area contributed by atoms with Crippen molar-refractivity contribution in [1.29, 1.82) is 0 Å². The van der Waals surface area contributed by atoms with Gasteiger partial charge in [-0.25, -0.2) is 0 Å². The Kier molecular flexibility index (Phi) is 3.88. The zero-order valence-corrected chi connectivity index (χ0v) is 9.89. The lowest BCUT2D eigenvalue weighted by molar-refractivity contribution is -0.384. The third kappa shape index (κ3) is 3.27. The third-order valence-corrected chi connectivity index (χ3v) is 3.00. The number of carbonyl (C=O) groups is 1. The van der Waals surface area contributed by atoms with Crippen molar-refractivity contribution in [2.75, 3.05) is 18.4 Å². The monoisotopic (exact) mass is 249 g/mol. The number of benzene rings is 1. The molecule has 0 aromatic heterocycles. The van der Waals surface area contributed by atoms with Crippen LogP contribution in [0.25, 0.3) is 0 Å². The summed E-state index contributed by atoms with van der Waals surface area (Å²) >= 11 is 0. The second-order valence-electron chi connectivity index (χ2n) is 4.42. The van der Waals surface area contributed by atoms with Crippen LogP contribution in [0.15, 0.2) is 24.3 Å². The van der Waals surface area contributed by atoms with Crippen LogP contribution in [-0.2, 0) is 4.79 Å². The van der Waals surface area contributed by atoms with Crippen molar-refractivity contribution in [3.63, 3.8) is 0 Å². The molecule has 0 radical (unpaired) electrons. The summed E-state index contributed by atoms with van der Waals surface area (Å²) in [5, 5.41) is 16.4. The number of anilines is 1. The van der Waals surface area contributed by atoms with Crippen molar-refractivity contribution in [1.82, 2.24) is 5.32 Å². The first-order chi connectivity index (χ1) is 8.65. The highest BCUT2D eigenvalue weighted by Crippen LogP contribution is 2.17. The van der Waals surface area contributed by atoms with E-state index in [1.165, 1.54) is 12.1 Å². The number of nitro benzene ring substituents is 1. The summed E-state index contributed by atoms with van der Waals surface area (Å²) in [5.41, 5.74) is 0.615. The Balaban J connectivity index is 1.88. The quantitative estimate of drug-likeness (QED) is 0.626. The summed E-state index contributed by atoms with van der Waals surface area (Å²) in [5.74, 6) is 0.348. The highest BCUT2D eigenvalue weighted by molar-refractivity contribution is 5.90. The molecule has 0 saturated carbocycles. The fourth-order valence-electron chi connectivity index (χ4n) is 2.03. The molecule has 1 fully saturated rings. The Morgan fingerprint density at radius 3 is 2.72 bits per heavy atom. The molecule has 6 nitrogen and oxygen atoms in total. The van der Waals surface area contributed by atoms with E-state index in [-0.39, 0.29) is 11.6 Å². The smallest absolute Gasteiger partial charge is 0.269 e. The highest BCUT2D eigenvalue weighted by atomic mass is 16.6. The van der Waals surface area contributed by atoms with Crippen LogP contribution < -0.4 is 10.6 Å². The molecule has 2 rings (SSSR count). The number of nitrogens with one attached hydrogen (secondary N) is 2. The minimum atomic E-state index is -0.463. The first-order valence-electron chi connectivity index (χ1n) is 5.90. The molecule has 1 amide bonds. The molecule has 1 aliphatic heterocycles. The Labute approximate surface area is 105 Å². The minimum Gasteiger partial charge on any atom is -0.326 e. The van der Waals surface area contributed by atoms with E-state index in [0.717, 1.165) is 19.5 Å². The molecule has 1 aliphatic rings. The van der Waals surface area contributed by atoms with E-state index in [9.17, 15) is 14.9 Å². The lowest BCUT2D eigenvalue weighted by Crippen LogP contribution is -2.18. The van der Waals surface area contributed by atoms with Gasteiger partial charge in [0.2, 0.25) is 5.91 Å². The van der Waals surface area contributed by atoms with Crippen molar-refractivity contribution in [2.45, 2.75) is 12.8 Å². The lowest BCUT2D eigenvalue weighted by Gasteiger charge is -2.08. The van der Waals surface area contributed by atoms with Crippen LogP contribution in [-0.4, -0.2) is 23.9 Å². The SMILES string of the molecule is O=C(CC1CCNC1)Nc1ccc([N+](=O)[O-])cc1. The molecule has 18 heavy (non-hydrogen) atoms. The van der Waals surface area contributed by atoms with Crippen LogP contribution in [0.4, 0.5) is 11.4 Å². The Morgan fingerprint density at radius 2 is 2.17 bits per heavy atom. The van der Waals surface area contributed by atoms with E-state index in [1.807, 2.05) is 0 Å². The normalized spacial score (nSPS) is 18.6. The van der Waals surface area contributed by atoms with Crippen LogP contribution >= 0.6 is 0 Å². The number of non-ortho nitro benzene ring substituents is 1. The fourth-order valence-corrected chi connectivity index (χ4v) is 2.03. The maximum atomic E-state index is 11.7. The van der Waals surface area contributed by atoms with E-state index >= 15 is 0 Å². The Bertz CT molecular complexity index is 438. The fraction of sp³-hybridized carbons (Fsp3) is 0.417. The second-order valence-corrected chi connectivity index (χ2v) is 4.42. The second kappa shape index (κ2) is 5.59. The van der Waals surface area contributed by atoms with Gasteiger partial charge in [0.05, 0.1) is 4.92 Å². The highest BCUT2D eigenvalue weighted by Gasteiger charge is 2.18. The molecule has 1 heterocycles. The first kappa shape index (κ1) is 12.5. The molecule has 1 aromatic carbocycles. The summed E-state index contributed by atoms with van der Waals surface area (Å²) in [6, 6.07) is 5.85. The van der Waals surface area contributed by atoms with Gasteiger partial charge in [-0.15, -0.1) is 0 Å². The summed E-state index contributed by atoms with van der Waals surface area (Å²) in [6.45, 7) is 1.85. The zero-order valence-electron chi connectivity index (χ0n) is 9.89. The largest absolute Gasteiger partial charge is 0.326 e. The van der Waals surface area contributed by atoms with Gasteiger partial charge in [-0.2, -0.15) is 0 Å². The van der Waals surface area contributed by atoms with Crippen molar-refractivity contribution in [3.05, 3.63) is 34.4 Å². The molecule has 1 unspecified atom stereocenters. The van der Waals surface area contributed by atoms with Gasteiger partial charge in [0.1, 0.15) is 0 Å². The van der Waals surface area contributed by atoms with E-state index in [2.05, 4.69) is 10.6 Å². The number of rotatable bonds is 4. The number of amides is 1. The van der Waals surface area contributed by atoms with Crippen molar-refractivity contribution >= 4 is 17.3 Å². The molecule has 1 atom stereocenters.